The number of nitrogens with one attached hydrogen (secondary N) is 2. The number of ether oxygens (including phenoxy) is 1. The number of rotatable bonds is 5. The largest absolute Gasteiger partial charge is 0.458 e. The molecule has 0 saturated carbocycles. The minimum atomic E-state index is -3.79. The lowest BCUT2D eigenvalue weighted by Gasteiger charge is -2.14. The summed E-state index contributed by atoms with van der Waals surface area (Å²) >= 11 is 0. The fourth-order valence-electron chi connectivity index (χ4n) is 3.12. The third kappa shape index (κ3) is 4.76. The summed E-state index contributed by atoms with van der Waals surface area (Å²) in [5.41, 5.74) is 2.15. The third-order valence-electron chi connectivity index (χ3n) is 4.85. The molecule has 1 aliphatic rings. The predicted molar refractivity (Wildman–Crippen MR) is 109 cm³/mol. The molecular formula is C21H24N2O5S. The van der Waals surface area contributed by atoms with Gasteiger partial charge in [-0.3, -0.25) is 9.52 Å². The van der Waals surface area contributed by atoms with Crippen molar-refractivity contribution in [2.45, 2.75) is 50.7 Å². The van der Waals surface area contributed by atoms with Crippen LogP contribution in [0.4, 0.5) is 5.69 Å². The number of hydrogen-bond acceptors (Lipinski definition) is 5. The van der Waals surface area contributed by atoms with E-state index in [1.54, 1.807) is 26.0 Å². The van der Waals surface area contributed by atoms with Crippen molar-refractivity contribution in [1.29, 1.82) is 0 Å². The number of hydrogen-bond donors (Lipinski definition) is 2. The van der Waals surface area contributed by atoms with Gasteiger partial charge in [-0.15, -0.1) is 0 Å². The molecule has 2 aromatic rings. The molecule has 2 N–H and O–H groups in total. The SMILES string of the molecule is Cc1ccc(NS(=O)(=O)c2ccc(C(=O)N[C@H]3CC(C)(C)OC3=O)cc2)cc1C. The summed E-state index contributed by atoms with van der Waals surface area (Å²) < 4.78 is 32.9. The number of benzene rings is 2. The van der Waals surface area contributed by atoms with Crippen LogP contribution in [0.5, 0.6) is 0 Å². The summed E-state index contributed by atoms with van der Waals surface area (Å²) in [6.07, 6.45) is 0.379. The van der Waals surface area contributed by atoms with Crippen LogP contribution in [0.1, 0.15) is 41.8 Å². The van der Waals surface area contributed by atoms with Gasteiger partial charge in [0.15, 0.2) is 0 Å². The Morgan fingerprint density at radius 1 is 1.07 bits per heavy atom. The van der Waals surface area contributed by atoms with E-state index in [9.17, 15) is 18.0 Å². The number of cyclic esters (lactones) is 1. The molecule has 0 spiro atoms. The number of carbonyl (C=O) groups excluding carboxylic acids is 2. The van der Waals surface area contributed by atoms with Gasteiger partial charge in [-0.1, -0.05) is 6.07 Å². The maximum Gasteiger partial charge on any atom is 0.329 e. The van der Waals surface area contributed by atoms with Gasteiger partial charge in [0.05, 0.1) is 4.90 Å². The summed E-state index contributed by atoms with van der Waals surface area (Å²) in [7, 11) is -3.79. The van der Waals surface area contributed by atoms with E-state index in [0.29, 0.717) is 12.1 Å². The first-order valence-electron chi connectivity index (χ1n) is 9.21. The highest BCUT2D eigenvalue weighted by atomic mass is 32.2. The van der Waals surface area contributed by atoms with Gasteiger partial charge in [0.1, 0.15) is 11.6 Å². The normalized spacial score (nSPS) is 18.2. The second kappa shape index (κ2) is 7.51. The molecule has 0 radical (unpaired) electrons. The highest BCUT2D eigenvalue weighted by Crippen LogP contribution is 2.26. The molecule has 0 unspecified atom stereocenters. The van der Waals surface area contributed by atoms with Crippen LogP contribution in [0.25, 0.3) is 0 Å². The Bertz CT molecular complexity index is 1060. The van der Waals surface area contributed by atoms with Crippen molar-refractivity contribution >= 4 is 27.6 Å². The van der Waals surface area contributed by atoms with Crippen LogP contribution in [0.2, 0.25) is 0 Å². The van der Waals surface area contributed by atoms with Crippen LogP contribution in [0.15, 0.2) is 47.4 Å². The Hall–Kier alpha value is -2.87. The standard InChI is InChI=1S/C21H24N2O5S/c1-13-5-8-16(11-14(13)2)23-29(26,27)17-9-6-15(7-10-17)19(24)22-18-12-21(3,4)28-20(18)25/h5-11,18,23H,12H2,1-4H3,(H,22,24)/t18-/m0/s1. The van der Waals surface area contributed by atoms with Crippen LogP contribution < -0.4 is 10.0 Å². The molecule has 1 aliphatic heterocycles. The first-order chi connectivity index (χ1) is 13.5. The minimum absolute atomic E-state index is 0.0358. The van der Waals surface area contributed by atoms with Crippen LogP contribution in [0.3, 0.4) is 0 Å². The molecule has 0 bridgehead atoms. The Morgan fingerprint density at radius 3 is 2.28 bits per heavy atom. The maximum atomic E-state index is 12.6. The monoisotopic (exact) mass is 416 g/mol. The number of anilines is 1. The van der Waals surface area contributed by atoms with Crippen LogP contribution in [-0.4, -0.2) is 31.9 Å². The van der Waals surface area contributed by atoms with Gasteiger partial charge >= 0.3 is 5.97 Å². The van der Waals surface area contributed by atoms with E-state index >= 15 is 0 Å². The van der Waals surface area contributed by atoms with Gasteiger partial charge in [0.25, 0.3) is 15.9 Å². The van der Waals surface area contributed by atoms with Crippen molar-refractivity contribution in [1.82, 2.24) is 5.32 Å². The van der Waals surface area contributed by atoms with Crippen LogP contribution >= 0.6 is 0 Å². The molecule has 1 fully saturated rings. The lowest BCUT2D eigenvalue weighted by Crippen LogP contribution is -2.38. The second-order valence-electron chi connectivity index (χ2n) is 7.84. The highest BCUT2D eigenvalue weighted by Gasteiger charge is 2.40. The van der Waals surface area contributed by atoms with E-state index < -0.39 is 33.5 Å². The second-order valence-corrected chi connectivity index (χ2v) is 9.52. The van der Waals surface area contributed by atoms with Crippen LogP contribution in [0, 0.1) is 13.8 Å². The van der Waals surface area contributed by atoms with Crippen molar-refractivity contribution in [3.05, 3.63) is 59.2 Å². The Morgan fingerprint density at radius 2 is 1.72 bits per heavy atom. The molecule has 29 heavy (non-hydrogen) atoms. The average Bonchev–Trinajstić information content (AvgIpc) is 2.89. The molecule has 8 heteroatoms. The summed E-state index contributed by atoms with van der Waals surface area (Å²) in [5, 5.41) is 2.63. The highest BCUT2D eigenvalue weighted by molar-refractivity contribution is 7.92. The van der Waals surface area contributed by atoms with Crippen molar-refractivity contribution < 1.29 is 22.7 Å². The first-order valence-corrected chi connectivity index (χ1v) is 10.7. The van der Waals surface area contributed by atoms with Gasteiger partial charge < -0.3 is 10.1 Å². The molecule has 1 atom stereocenters. The van der Waals surface area contributed by atoms with Gasteiger partial charge in [0, 0.05) is 17.7 Å². The Kier molecular flexibility index (Phi) is 5.40. The van der Waals surface area contributed by atoms with Crippen molar-refractivity contribution in [3.8, 4) is 0 Å². The molecule has 0 aromatic heterocycles. The number of amides is 1. The molecule has 2 aromatic carbocycles. The smallest absolute Gasteiger partial charge is 0.329 e. The van der Waals surface area contributed by atoms with E-state index in [1.807, 2.05) is 19.9 Å². The summed E-state index contributed by atoms with van der Waals surface area (Å²) in [4.78, 5) is 24.3. The molecule has 3 rings (SSSR count). The average molecular weight is 416 g/mol. The van der Waals surface area contributed by atoms with E-state index in [2.05, 4.69) is 10.0 Å². The van der Waals surface area contributed by atoms with Crippen molar-refractivity contribution in [3.63, 3.8) is 0 Å². The Labute approximate surface area is 170 Å². The molecular weight excluding hydrogens is 392 g/mol. The number of sulfonamides is 1. The van der Waals surface area contributed by atoms with Gasteiger partial charge in [0.2, 0.25) is 0 Å². The van der Waals surface area contributed by atoms with E-state index in [4.69, 9.17) is 4.74 Å². The number of esters is 1. The molecule has 1 saturated heterocycles. The first kappa shape index (κ1) is 20.9. The number of aryl methyl sites for hydroxylation is 2. The fourth-order valence-corrected chi connectivity index (χ4v) is 4.17. The topological polar surface area (TPSA) is 102 Å². The molecule has 1 heterocycles. The minimum Gasteiger partial charge on any atom is -0.458 e. The van der Waals surface area contributed by atoms with E-state index in [-0.39, 0.29) is 10.5 Å². The third-order valence-corrected chi connectivity index (χ3v) is 6.25. The van der Waals surface area contributed by atoms with Gasteiger partial charge in [-0.2, -0.15) is 0 Å². The van der Waals surface area contributed by atoms with E-state index in [1.165, 1.54) is 24.3 Å². The fraction of sp³-hybridized carbons (Fsp3) is 0.333. The predicted octanol–water partition coefficient (Wildman–Crippen LogP) is 2.93. The summed E-state index contributed by atoms with van der Waals surface area (Å²) in [5.74, 6) is -0.934. The molecule has 154 valence electrons. The summed E-state index contributed by atoms with van der Waals surface area (Å²) in [6, 6.07) is 10.1. The molecule has 7 nitrogen and oxygen atoms in total. The number of carbonyl (C=O) groups is 2. The maximum absolute atomic E-state index is 12.6. The van der Waals surface area contributed by atoms with Gasteiger partial charge in [-0.05, 0) is 75.2 Å². The molecule has 1 amide bonds. The van der Waals surface area contributed by atoms with Crippen molar-refractivity contribution in [2.75, 3.05) is 4.72 Å². The zero-order valence-electron chi connectivity index (χ0n) is 16.8. The lowest BCUT2D eigenvalue weighted by molar-refractivity contribution is -0.147. The van der Waals surface area contributed by atoms with E-state index in [0.717, 1.165) is 11.1 Å². The summed E-state index contributed by atoms with van der Waals surface area (Å²) in [6.45, 7) is 7.41. The zero-order chi connectivity index (χ0) is 21.4. The quantitative estimate of drug-likeness (QED) is 0.730. The van der Waals surface area contributed by atoms with Crippen LogP contribution in [-0.2, 0) is 19.6 Å². The van der Waals surface area contributed by atoms with Crippen molar-refractivity contribution in [2.24, 2.45) is 0 Å². The van der Waals surface area contributed by atoms with Gasteiger partial charge in [-0.25, -0.2) is 13.2 Å². The Balaban J connectivity index is 1.71. The zero-order valence-corrected chi connectivity index (χ0v) is 17.6. The lowest BCUT2D eigenvalue weighted by atomic mass is 10.0. The molecule has 0 aliphatic carbocycles.